The number of guanidine groups is 1. The number of rotatable bonds is 6. The van der Waals surface area contributed by atoms with Gasteiger partial charge < -0.3 is 15.4 Å². The van der Waals surface area contributed by atoms with E-state index in [9.17, 15) is 0 Å². The molecule has 23 heavy (non-hydrogen) atoms. The maximum absolute atomic E-state index is 5.51. The fourth-order valence-corrected chi connectivity index (χ4v) is 4.31. The highest BCUT2D eigenvalue weighted by Gasteiger charge is 2.31. The predicted octanol–water partition coefficient (Wildman–Crippen LogP) is 2.73. The number of hydrogen-bond donors (Lipinski definition) is 2. The summed E-state index contributed by atoms with van der Waals surface area (Å²) >= 11 is 3.67. The second-order valence-electron chi connectivity index (χ2n) is 5.79. The van der Waals surface area contributed by atoms with Gasteiger partial charge in [0, 0.05) is 35.9 Å². The van der Waals surface area contributed by atoms with Crippen molar-refractivity contribution in [3.63, 3.8) is 0 Å². The highest BCUT2D eigenvalue weighted by molar-refractivity contribution is 8.00. The molecule has 0 bridgehead atoms. The van der Waals surface area contributed by atoms with E-state index in [0.29, 0.717) is 6.54 Å². The number of nitrogens with zero attached hydrogens (tertiary/aromatic N) is 2. The smallest absolute Gasteiger partial charge is 0.191 e. The highest BCUT2D eigenvalue weighted by atomic mass is 32.2. The minimum atomic E-state index is 0.255. The van der Waals surface area contributed by atoms with Gasteiger partial charge in [0.1, 0.15) is 0 Å². The zero-order valence-corrected chi connectivity index (χ0v) is 16.2. The third-order valence-electron chi connectivity index (χ3n) is 4.14. The third kappa shape index (κ3) is 5.36. The van der Waals surface area contributed by atoms with Crippen molar-refractivity contribution in [1.29, 1.82) is 0 Å². The Morgan fingerprint density at radius 2 is 2.09 bits per heavy atom. The van der Waals surface area contributed by atoms with Gasteiger partial charge in [-0.2, -0.15) is 11.8 Å². The number of thiazole rings is 1. The molecule has 5 nitrogen and oxygen atoms in total. The van der Waals surface area contributed by atoms with Crippen molar-refractivity contribution >= 4 is 29.1 Å². The molecular weight excluding hydrogens is 328 g/mol. The van der Waals surface area contributed by atoms with Crippen LogP contribution in [0.4, 0.5) is 0 Å². The van der Waals surface area contributed by atoms with Gasteiger partial charge in [-0.15, -0.1) is 11.3 Å². The van der Waals surface area contributed by atoms with Crippen LogP contribution in [0.5, 0.6) is 0 Å². The van der Waals surface area contributed by atoms with Gasteiger partial charge in [-0.05, 0) is 39.9 Å². The Hall–Kier alpha value is -0.790. The number of aliphatic imine (C=N–C) groups is 1. The molecule has 0 radical (unpaired) electrons. The maximum Gasteiger partial charge on any atom is 0.191 e. The van der Waals surface area contributed by atoms with Crippen molar-refractivity contribution in [3.8, 4) is 0 Å². The summed E-state index contributed by atoms with van der Waals surface area (Å²) in [6, 6.07) is 0. The van der Waals surface area contributed by atoms with Crippen LogP contribution >= 0.6 is 23.1 Å². The van der Waals surface area contributed by atoms with Crippen LogP contribution < -0.4 is 10.6 Å². The molecule has 1 aromatic rings. The van der Waals surface area contributed by atoms with Crippen molar-refractivity contribution in [3.05, 3.63) is 15.6 Å². The first kappa shape index (κ1) is 18.5. The van der Waals surface area contributed by atoms with Crippen LogP contribution in [0.2, 0.25) is 0 Å². The van der Waals surface area contributed by atoms with E-state index in [1.54, 1.807) is 11.3 Å². The Morgan fingerprint density at radius 3 is 2.65 bits per heavy atom. The minimum Gasteiger partial charge on any atom is -0.381 e. The topological polar surface area (TPSA) is 58.5 Å². The fourth-order valence-electron chi connectivity index (χ4n) is 2.65. The molecule has 2 N–H and O–H groups in total. The Labute approximate surface area is 147 Å². The number of thioether (sulfide) groups is 1. The first-order valence-corrected chi connectivity index (χ1v) is 10.2. The summed E-state index contributed by atoms with van der Waals surface area (Å²) in [4.78, 5) is 10.4. The van der Waals surface area contributed by atoms with E-state index in [0.717, 1.165) is 55.8 Å². The second-order valence-corrected chi connectivity index (χ2v) is 8.35. The summed E-state index contributed by atoms with van der Waals surface area (Å²) in [6.07, 6.45) is 4.38. The Bertz CT molecular complexity index is 524. The van der Waals surface area contributed by atoms with Gasteiger partial charge in [0.2, 0.25) is 0 Å². The zero-order valence-electron chi connectivity index (χ0n) is 14.6. The molecule has 0 aromatic carbocycles. The molecule has 2 heterocycles. The SMILES string of the molecule is CCNC(=NCc1sc(C)nc1C)NCC1(SC)CCOCC1. The van der Waals surface area contributed by atoms with Crippen LogP contribution in [0.3, 0.4) is 0 Å². The summed E-state index contributed by atoms with van der Waals surface area (Å²) in [6.45, 7) is 10.4. The monoisotopic (exact) mass is 356 g/mol. The molecule has 0 atom stereocenters. The van der Waals surface area contributed by atoms with Gasteiger partial charge in [-0.25, -0.2) is 9.98 Å². The molecule has 0 aliphatic carbocycles. The van der Waals surface area contributed by atoms with Crippen LogP contribution in [0.25, 0.3) is 0 Å². The first-order valence-electron chi connectivity index (χ1n) is 8.16. The van der Waals surface area contributed by atoms with Gasteiger partial charge in [0.15, 0.2) is 5.96 Å². The minimum absolute atomic E-state index is 0.255. The molecule has 2 rings (SSSR count). The van der Waals surface area contributed by atoms with Crippen molar-refractivity contribution < 1.29 is 4.74 Å². The van der Waals surface area contributed by atoms with E-state index >= 15 is 0 Å². The van der Waals surface area contributed by atoms with Crippen LogP contribution in [0.1, 0.15) is 35.3 Å². The number of hydrogen-bond acceptors (Lipinski definition) is 5. The quantitative estimate of drug-likeness (QED) is 0.606. The van der Waals surface area contributed by atoms with E-state index in [-0.39, 0.29) is 4.75 Å². The zero-order chi connectivity index (χ0) is 16.7. The lowest BCUT2D eigenvalue weighted by Gasteiger charge is -2.36. The summed E-state index contributed by atoms with van der Waals surface area (Å²) < 4.78 is 5.76. The van der Waals surface area contributed by atoms with E-state index in [1.807, 2.05) is 18.7 Å². The fraction of sp³-hybridized carbons (Fsp3) is 0.750. The molecule has 0 saturated carbocycles. The molecule has 0 amide bonds. The van der Waals surface area contributed by atoms with Gasteiger partial charge in [0.25, 0.3) is 0 Å². The van der Waals surface area contributed by atoms with E-state index in [2.05, 4.69) is 35.7 Å². The van der Waals surface area contributed by atoms with Gasteiger partial charge in [-0.3, -0.25) is 0 Å². The predicted molar refractivity (Wildman–Crippen MR) is 101 cm³/mol. The van der Waals surface area contributed by atoms with Crippen LogP contribution in [-0.2, 0) is 11.3 Å². The van der Waals surface area contributed by atoms with Crippen molar-refractivity contribution in [1.82, 2.24) is 15.6 Å². The maximum atomic E-state index is 5.51. The highest BCUT2D eigenvalue weighted by Crippen LogP contribution is 2.32. The Kier molecular flexibility index (Phi) is 7.17. The average Bonchev–Trinajstić information content (AvgIpc) is 2.88. The summed E-state index contributed by atoms with van der Waals surface area (Å²) in [5.74, 6) is 0.887. The normalized spacial score (nSPS) is 18.0. The van der Waals surface area contributed by atoms with Crippen LogP contribution in [-0.4, -0.2) is 48.2 Å². The number of aromatic nitrogens is 1. The van der Waals surface area contributed by atoms with Crippen LogP contribution in [0, 0.1) is 13.8 Å². The second kappa shape index (κ2) is 8.89. The number of ether oxygens (including phenoxy) is 1. The molecule has 1 fully saturated rings. The lowest BCUT2D eigenvalue weighted by molar-refractivity contribution is 0.0783. The lowest BCUT2D eigenvalue weighted by atomic mass is 9.99. The standard InChI is InChI=1S/C16H28N4OS2/c1-5-17-15(18-10-14-12(2)20-13(3)23-14)19-11-16(22-4)6-8-21-9-7-16/h5-11H2,1-4H3,(H2,17,18,19). The summed E-state index contributed by atoms with van der Waals surface area (Å²) in [5, 5.41) is 7.97. The molecule has 0 unspecified atom stereocenters. The molecule has 1 saturated heterocycles. The number of nitrogens with one attached hydrogen (secondary N) is 2. The molecule has 1 aliphatic heterocycles. The molecule has 0 spiro atoms. The van der Waals surface area contributed by atoms with E-state index in [1.165, 1.54) is 4.88 Å². The van der Waals surface area contributed by atoms with Crippen molar-refractivity contribution in [2.75, 3.05) is 32.6 Å². The van der Waals surface area contributed by atoms with Gasteiger partial charge in [-0.1, -0.05) is 0 Å². The summed E-state index contributed by atoms with van der Waals surface area (Å²) in [7, 11) is 0. The number of aryl methyl sites for hydroxylation is 2. The molecule has 1 aliphatic rings. The molecule has 7 heteroatoms. The molecule has 130 valence electrons. The molecular formula is C16H28N4OS2. The van der Waals surface area contributed by atoms with E-state index in [4.69, 9.17) is 9.73 Å². The Morgan fingerprint density at radius 1 is 1.35 bits per heavy atom. The first-order chi connectivity index (χ1) is 11.1. The van der Waals surface area contributed by atoms with Crippen molar-refractivity contribution in [2.24, 2.45) is 4.99 Å². The lowest BCUT2D eigenvalue weighted by Crippen LogP contribution is -2.47. The van der Waals surface area contributed by atoms with Crippen LogP contribution in [0.15, 0.2) is 4.99 Å². The van der Waals surface area contributed by atoms with E-state index < -0.39 is 0 Å². The third-order valence-corrected chi connectivity index (χ3v) is 6.62. The van der Waals surface area contributed by atoms with Gasteiger partial charge >= 0.3 is 0 Å². The van der Waals surface area contributed by atoms with Gasteiger partial charge in [0.05, 0.1) is 17.2 Å². The Balaban J connectivity index is 1.97. The molecule has 1 aromatic heterocycles. The van der Waals surface area contributed by atoms with Crippen molar-refractivity contribution in [2.45, 2.75) is 44.9 Å². The average molecular weight is 357 g/mol. The largest absolute Gasteiger partial charge is 0.381 e. The summed E-state index contributed by atoms with van der Waals surface area (Å²) in [5.41, 5.74) is 1.09.